The van der Waals surface area contributed by atoms with Crippen LogP contribution in [0.3, 0.4) is 0 Å². The lowest BCUT2D eigenvalue weighted by Gasteiger charge is -2.08. The molecule has 0 aliphatic rings. The van der Waals surface area contributed by atoms with Crippen molar-refractivity contribution in [1.82, 2.24) is 9.78 Å². The molecule has 0 fully saturated rings. The first kappa shape index (κ1) is 14.8. The molecule has 1 heterocycles. The van der Waals surface area contributed by atoms with E-state index in [1.54, 1.807) is 24.7 Å². The van der Waals surface area contributed by atoms with Crippen LogP contribution in [0.25, 0.3) is 0 Å². The molecular weight excluding hydrogens is 350 g/mol. The molecule has 0 unspecified atom stereocenters. The van der Waals surface area contributed by atoms with Crippen molar-refractivity contribution in [2.24, 2.45) is 7.05 Å². The van der Waals surface area contributed by atoms with Crippen LogP contribution >= 0.6 is 27.5 Å². The Kier molecular flexibility index (Phi) is 4.29. The van der Waals surface area contributed by atoms with Crippen molar-refractivity contribution in [3.8, 4) is 5.75 Å². The van der Waals surface area contributed by atoms with Gasteiger partial charge in [0.15, 0.2) is 0 Å². The second-order valence-corrected chi connectivity index (χ2v) is 5.36. The molecule has 0 amide bonds. The van der Waals surface area contributed by atoms with Gasteiger partial charge in [0, 0.05) is 13.1 Å². The molecule has 106 valence electrons. The van der Waals surface area contributed by atoms with Gasteiger partial charge in [-0.15, -0.1) is 0 Å². The van der Waals surface area contributed by atoms with E-state index < -0.39 is 4.92 Å². The first-order valence-corrected chi connectivity index (χ1v) is 6.82. The highest BCUT2D eigenvalue weighted by molar-refractivity contribution is 9.10. The highest BCUT2D eigenvalue weighted by Gasteiger charge is 2.14. The SMILES string of the molecule is Cc1nn(C)c(COc2cc([N+](=O)[O-])ccc2Br)c1Cl. The fraction of sp³-hybridized carbons (Fsp3) is 0.250. The van der Waals surface area contributed by atoms with Gasteiger partial charge in [0.05, 0.1) is 31.9 Å². The quantitative estimate of drug-likeness (QED) is 0.616. The van der Waals surface area contributed by atoms with E-state index in [1.165, 1.54) is 12.1 Å². The first-order chi connectivity index (χ1) is 9.40. The maximum absolute atomic E-state index is 10.7. The number of rotatable bonds is 4. The van der Waals surface area contributed by atoms with Gasteiger partial charge in [-0.25, -0.2) is 0 Å². The Balaban J connectivity index is 2.22. The van der Waals surface area contributed by atoms with E-state index in [-0.39, 0.29) is 12.3 Å². The fourth-order valence-electron chi connectivity index (χ4n) is 1.70. The molecule has 6 nitrogen and oxygen atoms in total. The third-order valence-corrected chi connectivity index (χ3v) is 3.90. The largest absolute Gasteiger partial charge is 0.486 e. The smallest absolute Gasteiger partial charge is 0.273 e. The van der Waals surface area contributed by atoms with Gasteiger partial charge in [0.25, 0.3) is 5.69 Å². The summed E-state index contributed by atoms with van der Waals surface area (Å²) in [7, 11) is 1.76. The number of aromatic nitrogens is 2. The number of ether oxygens (including phenoxy) is 1. The van der Waals surface area contributed by atoms with Crippen LogP contribution < -0.4 is 4.74 Å². The number of aryl methyl sites for hydroxylation is 2. The summed E-state index contributed by atoms with van der Waals surface area (Å²) in [4.78, 5) is 10.3. The van der Waals surface area contributed by atoms with Gasteiger partial charge in [-0.2, -0.15) is 5.10 Å². The Hall–Kier alpha value is -1.60. The second-order valence-electron chi connectivity index (χ2n) is 4.13. The summed E-state index contributed by atoms with van der Waals surface area (Å²) < 4.78 is 7.86. The van der Waals surface area contributed by atoms with Gasteiger partial charge < -0.3 is 4.74 Å². The average Bonchev–Trinajstić information content (AvgIpc) is 2.63. The highest BCUT2D eigenvalue weighted by Crippen LogP contribution is 2.30. The van der Waals surface area contributed by atoms with Crippen molar-refractivity contribution in [3.63, 3.8) is 0 Å². The van der Waals surface area contributed by atoms with E-state index in [1.807, 2.05) is 0 Å². The van der Waals surface area contributed by atoms with E-state index >= 15 is 0 Å². The molecule has 2 aromatic rings. The molecule has 8 heteroatoms. The normalized spacial score (nSPS) is 10.6. The number of hydrogen-bond donors (Lipinski definition) is 0. The summed E-state index contributed by atoms with van der Waals surface area (Å²) in [5.74, 6) is 0.383. The van der Waals surface area contributed by atoms with Crippen molar-refractivity contribution in [2.75, 3.05) is 0 Å². The van der Waals surface area contributed by atoms with Gasteiger partial charge in [-0.3, -0.25) is 14.8 Å². The molecule has 0 saturated heterocycles. The van der Waals surface area contributed by atoms with Crippen molar-refractivity contribution in [2.45, 2.75) is 13.5 Å². The molecule has 1 aromatic carbocycles. The van der Waals surface area contributed by atoms with Gasteiger partial charge in [-0.05, 0) is 28.9 Å². The molecule has 0 bridgehead atoms. The molecule has 0 aliphatic carbocycles. The summed E-state index contributed by atoms with van der Waals surface area (Å²) in [6, 6.07) is 4.34. The van der Waals surface area contributed by atoms with E-state index in [9.17, 15) is 10.1 Å². The minimum atomic E-state index is -0.472. The van der Waals surface area contributed by atoms with E-state index in [0.29, 0.717) is 26.6 Å². The van der Waals surface area contributed by atoms with Crippen LogP contribution in [0.2, 0.25) is 5.02 Å². The number of halogens is 2. The zero-order valence-corrected chi connectivity index (χ0v) is 13.1. The lowest BCUT2D eigenvalue weighted by atomic mass is 10.3. The Morgan fingerprint density at radius 1 is 1.55 bits per heavy atom. The lowest BCUT2D eigenvalue weighted by Crippen LogP contribution is -2.04. The topological polar surface area (TPSA) is 70.2 Å². The fourth-order valence-corrected chi connectivity index (χ4v) is 2.27. The maximum Gasteiger partial charge on any atom is 0.273 e. The van der Waals surface area contributed by atoms with Gasteiger partial charge in [0.2, 0.25) is 0 Å². The van der Waals surface area contributed by atoms with Crippen LogP contribution in [-0.4, -0.2) is 14.7 Å². The van der Waals surface area contributed by atoms with Gasteiger partial charge in [-0.1, -0.05) is 11.6 Å². The monoisotopic (exact) mass is 359 g/mol. The first-order valence-electron chi connectivity index (χ1n) is 5.65. The van der Waals surface area contributed by atoms with Gasteiger partial charge in [0.1, 0.15) is 12.4 Å². The zero-order valence-electron chi connectivity index (χ0n) is 10.8. The molecule has 0 atom stereocenters. The Morgan fingerprint density at radius 3 is 2.80 bits per heavy atom. The maximum atomic E-state index is 10.7. The molecule has 0 saturated carbocycles. The number of nitro groups is 1. The molecular formula is C12H11BrClN3O3. The minimum Gasteiger partial charge on any atom is -0.486 e. The number of non-ortho nitro benzene ring substituents is 1. The number of hydrogen-bond acceptors (Lipinski definition) is 4. The van der Waals surface area contributed by atoms with Crippen molar-refractivity contribution < 1.29 is 9.66 Å². The molecule has 0 N–H and O–H groups in total. The number of nitrogens with zero attached hydrogens (tertiary/aromatic N) is 3. The molecule has 20 heavy (non-hydrogen) atoms. The Labute approximate surface area is 128 Å². The zero-order chi connectivity index (χ0) is 14.9. The van der Waals surface area contributed by atoms with E-state index in [0.717, 1.165) is 0 Å². The second kappa shape index (κ2) is 5.80. The van der Waals surface area contributed by atoms with Crippen LogP contribution in [0.1, 0.15) is 11.4 Å². The number of benzene rings is 1. The highest BCUT2D eigenvalue weighted by atomic mass is 79.9. The molecule has 1 aromatic heterocycles. The number of nitro benzene ring substituents is 1. The van der Waals surface area contributed by atoms with E-state index in [2.05, 4.69) is 21.0 Å². The predicted molar refractivity (Wildman–Crippen MR) is 78.1 cm³/mol. The van der Waals surface area contributed by atoms with Crippen LogP contribution in [-0.2, 0) is 13.7 Å². The Bertz CT molecular complexity index is 672. The summed E-state index contributed by atoms with van der Waals surface area (Å²) in [6.07, 6.45) is 0. The standard InChI is InChI=1S/C12H11BrClN3O3/c1-7-12(14)10(16(2)15-7)6-20-11-5-8(17(18)19)3-4-9(11)13/h3-5H,6H2,1-2H3. The van der Waals surface area contributed by atoms with Crippen molar-refractivity contribution in [1.29, 1.82) is 0 Å². The van der Waals surface area contributed by atoms with Crippen LogP contribution in [0.5, 0.6) is 5.75 Å². The van der Waals surface area contributed by atoms with Crippen LogP contribution in [0.4, 0.5) is 5.69 Å². The average molecular weight is 361 g/mol. The van der Waals surface area contributed by atoms with Crippen molar-refractivity contribution in [3.05, 3.63) is 49.2 Å². The lowest BCUT2D eigenvalue weighted by molar-refractivity contribution is -0.385. The third-order valence-electron chi connectivity index (χ3n) is 2.75. The summed E-state index contributed by atoms with van der Waals surface area (Å²) in [5, 5.41) is 15.5. The van der Waals surface area contributed by atoms with Gasteiger partial charge >= 0.3 is 0 Å². The molecule has 0 spiro atoms. The summed E-state index contributed by atoms with van der Waals surface area (Å²) >= 11 is 9.41. The molecule has 0 radical (unpaired) electrons. The predicted octanol–water partition coefficient (Wildman–Crippen LogP) is 3.63. The van der Waals surface area contributed by atoms with Crippen LogP contribution in [0.15, 0.2) is 22.7 Å². The Morgan fingerprint density at radius 2 is 2.25 bits per heavy atom. The summed E-state index contributed by atoms with van der Waals surface area (Å²) in [6.45, 7) is 1.98. The minimum absolute atomic E-state index is 0.0320. The molecule has 0 aliphatic heterocycles. The third kappa shape index (κ3) is 2.94. The van der Waals surface area contributed by atoms with E-state index in [4.69, 9.17) is 16.3 Å². The molecule has 2 rings (SSSR count). The van der Waals surface area contributed by atoms with Crippen molar-refractivity contribution >= 4 is 33.2 Å². The summed E-state index contributed by atoms with van der Waals surface area (Å²) in [5.41, 5.74) is 1.39. The van der Waals surface area contributed by atoms with Crippen LogP contribution in [0, 0.1) is 17.0 Å².